The molecule has 0 aromatic rings. The van der Waals surface area contributed by atoms with E-state index in [0.29, 0.717) is 12.5 Å². The van der Waals surface area contributed by atoms with E-state index in [1.807, 2.05) is 0 Å². The highest BCUT2D eigenvalue weighted by Crippen LogP contribution is 2.26. The first-order chi connectivity index (χ1) is 6.77. The summed E-state index contributed by atoms with van der Waals surface area (Å²) in [5.41, 5.74) is 7.35. The summed E-state index contributed by atoms with van der Waals surface area (Å²) in [6.07, 6.45) is 6.26. The molecule has 3 nitrogen and oxygen atoms in total. The van der Waals surface area contributed by atoms with E-state index in [2.05, 4.69) is 0 Å². The van der Waals surface area contributed by atoms with Gasteiger partial charge in [0.05, 0.1) is 13.0 Å². The van der Waals surface area contributed by atoms with Gasteiger partial charge < -0.3 is 4.74 Å². The smallest absolute Gasteiger partial charge is 0.308 e. The molecule has 1 N–H and O–H groups in total. The Hall–Kier alpha value is -0.570. The van der Waals surface area contributed by atoms with Gasteiger partial charge in [-0.25, -0.2) is 0 Å². The number of carbonyl (C=O) groups excluding carboxylic acids is 1. The van der Waals surface area contributed by atoms with Crippen molar-refractivity contribution in [3.05, 3.63) is 0 Å². The lowest BCUT2D eigenvalue weighted by atomic mass is 9.86. The zero-order chi connectivity index (χ0) is 10.4. The van der Waals surface area contributed by atoms with Gasteiger partial charge in [-0.1, -0.05) is 12.8 Å². The Kier molecular flexibility index (Phi) is 4.94. The van der Waals surface area contributed by atoms with Crippen LogP contribution in [0.5, 0.6) is 0 Å². The topological polar surface area (TPSA) is 50.1 Å². The number of rotatable bonds is 2. The maximum Gasteiger partial charge on any atom is 0.308 e. The molecule has 0 atom stereocenters. The first kappa shape index (κ1) is 11.5. The van der Waals surface area contributed by atoms with E-state index in [0.717, 1.165) is 38.5 Å². The Labute approximate surface area is 86.0 Å². The third-order valence-electron chi connectivity index (χ3n) is 3.15. The van der Waals surface area contributed by atoms with E-state index < -0.39 is 0 Å². The Morgan fingerprint density at radius 1 is 1.29 bits per heavy atom. The van der Waals surface area contributed by atoms with Crippen LogP contribution in [-0.2, 0) is 9.53 Å². The van der Waals surface area contributed by atoms with E-state index >= 15 is 0 Å². The number of esters is 1. The first-order valence-electron chi connectivity index (χ1n) is 5.50. The lowest BCUT2D eigenvalue weighted by molar-refractivity contribution is -0.146. The molecule has 1 radical (unpaired) electrons. The number of hydrogen-bond donors (Lipinski definition) is 0. The van der Waals surface area contributed by atoms with Gasteiger partial charge in [0.1, 0.15) is 0 Å². The average Bonchev–Trinajstić information content (AvgIpc) is 2.17. The summed E-state index contributed by atoms with van der Waals surface area (Å²) in [7, 11) is 1.47. The SMILES string of the molecule is COC(=O)C1CCCC(C[NH])CCC1. The molecular formula is C11H20NO2. The van der Waals surface area contributed by atoms with Gasteiger partial charge in [-0.2, -0.15) is 0 Å². The fraction of sp³-hybridized carbons (Fsp3) is 0.909. The molecule has 0 unspecified atom stereocenters. The van der Waals surface area contributed by atoms with Gasteiger partial charge in [0, 0.05) is 6.54 Å². The van der Waals surface area contributed by atoms with Crippen LogP contribution in [0.3, 0.4) is 0 Å². The summed E-state index contributed by atoms with van der Waals surface area (Å²) in [5, 5.41) is 0. The van der Waals surface area contributed by atoms with Gasteiger partial charge in [-0.05, 0) is 31.6 Å². The van der Waals surface area contributed by atoms with Gasteiger partial charge in [0.15, 0.2) is 0 Å². The fourth-order valence-corrected chi connectivity index (χ4v) is 2.20. The van der Waals surface area contributed by atoms with Gasteiger partial charge in [-0.15, -0.1) is 0 Å². The van der Waals surface area contributed by atoms with Crippen LogP contribution in [0.25, 0.3) is 0 Å². The maximum absolute atomic E-state index is 11.3. The van der Waals surface area contributed by atoms with Crippen molar-refractivity contribution in [2.75, 3.05) is 13.7 Å². The molecule has 0 aromatic heterocycles. The van der Waals surface area contributed by atoms with Crippen molar-refractivity contribution < 1.29 is 9.53 Å². The molecule has 0 heterocycles. The highest BCUT2D eigenvalue weighted by molar-refractivity contribution is 5.72. The molecular weight excluding hydrogens is 178 g/mol. The van der Waals surface area contributed by atoms with Crippen molar-refractivity contribution in [3.63, 3.8) is 0 Å². The predicted octanol–water partition coefficient (Wildman–Crippen LogP) is 2.03. The zero-order valence-electron chi connectivity index (χ0n) is 8.92. The minimum Gasteiger partial charge on any atom is -0.469 e. The van der Waals surface area contributed by atoms with Crippen molar-refractivity contribution in [3.8, 4) is 0 Å². The van der Waals surface area contributed by atoms with E-state index in [-0.39, 0.29) is 11.9 Å². The van der Waals surface area contributed by atoms with Crippen LogP contribution in [-0.4, -0.2) is 19.6 Å². The molecule has 0 aromatic carbocycles. The minimum atomic E-state index is -0.0469. The highest BCUT2D eigenvalue weighted by Gasteiger charge is 2.21. The van der Waals surface area contributed by atoms with Crippen LogP contribution in [0.2, 0.25) is 0 Å². The third kappa shape index (κ3) is 3.29. The molecule has 0 saturated heterocycles. The Balaban J connectivity index is 2.36. The molecule has 1 aliphatic carbocycles. The minimum absolute atomic E-state index is 0.0469. The summed E-state index contributed by atoms with van der Waals surface area (Å²) < 4.78 is 4.76. The third-order valence-corrected chi connectivity index (χ3v) is 3.15. The number of nitrogens with one attached hydrogen (secondary N) is 1. The van der Waals surface area contributed by atoms with Crippen molar-refractivity contribution in [1.29, 1.82) is 0 Å². The van der Waals surface area contributed by atoms with Crippen molar-refractivity contribution in [2.24, 2.45) is 11.8 Å². The highest BCUT2D eigenvalue weighted by atomic mass is 16.5. The number of hydrogen-bond acceptors (Lipinski definition) is 2. The molecule has 0 bridgehead atoms. The second-order valence-corrected chi connectivity index (χ2v) is 4.15. The molecule has 1 fully saturated rings. The molecule has 1 aliphatic rings. The van der Waals surface area contributed by atoms with Crippen molar-refractivity contribution in [1.82, 2.24) is 5.73 Å². The Morgan fingerprint density at radius 2 is 1.86 bits per heavy atom. The standard InChI is InChI=1S/C11H20NO2/c1-14-11(13)10-6-2-4-9(8-12)5-3-7-10/h9-10,12H,2-8H2,1H3. The summed E-state index contributed by atoms with van der Waals surface area (Å²) >= 11 is 0. The van der Waals surface area contributed by atoms with Gasteiger partial charge in [0.2, 0.25) is 0 Å². The van der Waals surface area contributed by atoms with Crippen LogP contribution in [0.15, 0.2) is 0 Å². The quantitative estimate of drug-likeness (QED) is 0.637. The zero-order valence-corrected chi connectivity index (χ0v) is 8.92. The summed E-state index contributed by atoms with van der Waals surface area (Å²) in [5.74, 6) is 0.634. The van der Waals surface area contributed by atoms with Gasteiger partial charge in [0.25, 0.3) is 0 Å². The van der Waals surface area contributed by atoms with E-state index in [9.17, 15) is 4.79 Å². The summed E-state index contributed by atoms with van der Waals surface area (Å²) in [4.78, 5) is 11.3. The lowest BCUT2D eigenvalue weighted by Gasteiger charge is -2.21. The van der Waals surface area contributed by atoms with Crippen LogP contribution in [0.4, 0.5) is 0 Å². The normalized spacial score (nSPS) is 29.0. The molecule has 0 aliphatic heterocycles. The van der Waals surface area contributed by atoms with Crippen LogP contribution in [0, 0.1) is 11.8 Å². The van der Waals surface area contributed by atoms with Crippen LogP contribution >= 0.6 is 0 Å². The fourth-order valence-electron chi connectivity index (χ4n) is 2.20. The first-order valence-corrected chi connectivity index (χ1v) is 5.50. The molecule has 0 spiro atoms. The summed E-state index contributed by atoms with van der Waals surface area (Å²) in [6, 6.07) is 0. The molecule has 1 saturated carbocycles. The van der Waals surface area contributed by atoms with Crippen molar-refractivity contribution >= 4 is 5.97 Å². The molecule has 3 heteroatoms. The average molecular weight is 198 g/mol. The van der Waals surface area contributed by atoms with Gasteiger partial charge in [-0.3, -0.25) is 10.5 Å². The van der Waals surface area contributed by atoms with Gasteiger partial charge >= 0.3 is 5.97 Å². The Morgan fingerprint density at radius 3 is 2.29 bits per heavy atom. The van der Waals surface area contributed by atoms with E-state index in [1.54, 1.807) is 0 Å². The largest absolute Gasteiger partial charge is 0.469 e. The van der Waals surface area contributed by atoms with E-state index in [4.69, 9.17) is 10.5 Å². The van der Waals surface area contributed by atoms with Crippen LogP contribution < -0.4 is 5.73 Å². The lowest BCUT2D eigenvalue weighted by Crippen LogP contribution is -2.20. The number of carbonyl (C=O) groups is 1. The predicted molar refractivity (Wildman–Crippen MR) is 54.7 cm³/mol. The van der Waals surface area contributed by atoms with Crippen molar-refractivity contribution in [2.45, 2.75) is 38.5 Å². The number of methoxy groups -OCH3 is 1. The second kappa shape index (κ2) is 6.02. The second-order valence-electron chi connectivity index (χ2n) is 4.15. The molecule has 81 valence electrons. The molecule has 0 amide bonds. The maximum atomic E-state index is 11.3. The number of ether oxygens (including phenoxy) is 1. The molecule has 1 rings (SSSR count). The van der Waals surface area contributed by atoms with E-state index in [1.165, 1.54) is 7.11 Å². The summed E-state index contributed by atoms with van der Waals surface area (Å²) in [6.45, 7) is 0.545. The molecule has 14 heavy (non-hydrogen) atoms. The van der Waals surface area contributed by atoms with Crippen LogP contribution in [0.1, 0.15) is 38.5 Å². The Bertz CT molecular complexity index is 172. The monoisotopic (exact) mass is 198 g/mol.